The lowest BCUT2D eigenvalue weighted by Gasteiger charge is -2.05. The van der Waals surface area contributed by atoms with Crippen LogP contribution in [-0.4, -0.2) is 18.2 Å². The van der Waals surface area contributed by atoms with Gasteiger partial charge >= 0.3 is 5.97 Å². The Hall–Kier alpha value is -1.93. The van der Waals surface area contributed by atoms with E-state index in [2.05, 4.69) is 4.74 Å². The monoisotopic (exact) mass is 209 g/mol. The molecular formula is C10H8FNO3. The topological polar surface area (TPSA) is 70.3 Å². The molecule has 1 aromatic carbocycles. The Morgan fingerprint density at radius 1 is 1.67 bits per heavy atom. The predicted octanol–water partition coefficient (Wildman–Crippen LogP) is 0.976. The number of aliphatic hydroxyl groups is 1. The van der Waals surface area contributed by atoms with Crippen molar-refractivity contribution in [3.8, 4) is 6.07 Å². The Balaban J connectivity index is 3.39. The molecule has 0 unspecified atom stereocenters. The third-order valence-corrected chi connectivity index (χ3v) is 1.91. The van der Waals surface area contributed by atoms with Crippen LogP contribution in [-0.2, 0) is 11.3 Å². The molecular weight excluding hydrogens is 201 g/mol. The highest BCUT2D eigenvalue weighted by atomic mass is 19.1. The minimum Gasteiger partial charge on any atom is -0.465 e. The summed E-state index contributed by atoms with van der Waals surface area (Å²) in [5, 5.41) is 17.4. The van der Waals surface area contributed by atoms with Gasteiger partial charge in [-0.25, -0.2) is 9.18 Å². The number of nitrogens with zero attached hydrogens (tertiary/aromatic N) is 1. The number of halogens is 1. The van der Waals surface area contributed by atoms with Crippen molar-refractivity contribution < 1.29 is 19.0 Å². The van der Waals surface area contributed by atoms with E-state index in [4.69, 9.17) is 10.4 Å². The summed E-state index contributed by atoms with van der Waals surface area (Å²) >= 11 is 0. The molecule has 1 N–H and O–H groups in total. The average molecular weight is 209 g/mol. The number of benzene rings is 1. The number of methoxy groups -OCH3 is 1. The van der Waals surface area contributed by atoms with Crippen LogP contribution in [0, 0.1) is 17.1 Å². The largest absolute Gasteiger partial charge is 0.465 e. The number of hydrogen-bond acceptors (Lipinski definition) is 4. The maximum atomic E-state index is 13.4. The second-order valence-electron chi connectivity index (χ2n) is 2.72. The van der Waals surface area contributed by atoms with Crippen LogP contribution in [0.15, 0.2) is 12.1 Å². The van der Waals surface area contributed by atoms with Gasteiger partial charge in [0.2, 0.25) is 0 Å². The molecule has 0 heterocycles. The molecule has 0 aliphatic heterocycles. The molecule has 5 heteroatoms. The second-order valence-corrected chi connectivity index (χ2v) is 2.72. The Morgan fingerprint density at radius 3 is 2.80 bits per heavy atom. The lowest BCUT2D eigenvalue weighted by atomic mass is 10.0. The fourth-order valence-corrected chi connectivity index (χ4v) is 1.13. The summed E-state index contributed by atoms with van der Waals surface area (Å²) in [6.45, 7) is -0.526. The van der Waals surface area contributed by atoms with Gasteiger partial charge in [-0.05, 0) is 6.07 Å². The van der Waals surface area contributed by atoms with Gasteiger partial charge in [-0.2, -0.15) is 5.26 Å². The molecule has 0 aliphatic rings. The van der Waals surface area contributed by atoms with Crippen LogP contribution in [0.2, 0.25) is 0 Å². The lowest BCUT2D eigenvalue weighted by molar-refractivity contribution is 0.0599. The van der Waals surface area contributed by atoms with Crippen molar-refractivity contribution in [3.05, 3.63) is 34.6 Å². The van der Waals surface area contributed by atoms with Gasteiger partial charge in [0.05, 0.1) is 19.3 Å². The molecule has 0 radical (unpaired) electrons. The van der Waals surface area contributed by atoms with Gasteiger partial charge < -0.3 is 9.84 Å². The van der Waals surface area contributed by atoms with Gasteiger partial charge in [-0.1, -0.05) is 6.07 Å². The highest BCUT2D eigenvalue weighted by Crippen LogP contribution is 2.18. The van der Waals surface area contributed by atoms with Crippen molar-refractivity contribution in [2.75, 3.05) is 7.11 Å². The fraction of sp³-hybridized carbons (Fsp3) is 0.200. The van der Waals surface area contributed by atoms with Crippen LogP contribution in [0.4, 0.5) is 4.39 Å². The second kappa shape index (κ2) is 4.53. The van der Waals surface area contributed by atoms with E-state index >= 15 is 0 Å². The number of carbonyl (C=O) groups is 1. The predicted molar refractivity (Wildman–Crippen MR) is 48.4 cm³/mol. The van der Waals surface area contributed by atoms with Gasteiger partial charge in [-0.3, -0.25) is 0 Å². The van der Waals surface area contributed by atoms with Gasteiger partial charge in [0.15, 0.2) is 0 Å². The molecule has 0 bridgehead atoms. The standard InChI is InChI=1S/C10H8FNO3/c1-15-10(14)7-3-2-6(5-13)9(11)8(7)4-12/h2-3,13H,5H2,1H3. The summed E-state index contributed by atoms with van der Waals surface area (Å²) < 4.78 is 17.8. The maximum absolute atomic E-state index is 13.4. The van der Waals surface area contributed by atoms with Gasteiger partial charge in [0.1, 0.15) is 17.4 Å². The third-order valence-electron chi connectivity index (χ3n) is 1.91. The molecule has 0 aliphatic carbocycles. The molecule has 78 valence electrons. The first-order chi connectivity index (χ1) is 7.15. The SMILES string of the molecule is COC(=O)c1ccc(CO)c(F)c1C#N. The van der Waals surface area contributed by atoms with Crippen LogP contribution >= 0.6 is 0 Å². The molecule has 0 spiro atoms. The zero-order valence-electron chi connectivity index (χ0n) is 7.95. The average Bonchev–Trinajstić information content (AvgIpc) is 2.27. The van der Waals surface area contributed by atoms with Crippen LogP contribution in [0.3, 0.4) is 0 Å². The van der Waals surface area contributed by atoms with E-state index in [9.17, 15) is 9.18 Å². The van der Waals surface area contributed by atoms with Crippen LogP contribution < -0.4 is 0 Å². The van der Waals surface area contributed by atoms with Crippen molar-refractivity contribution in [2.45, 2.75) is 6.61 Å². The first kappa shape index (κ1) is 11.1. The van der Waals surface area contributed by atoms with Crippen molar-refractivity contribution in [2.24, 2.45) is 0 Å². The lowest BCUT2D eigenvalue weighted by Crippen LogP contribution is -2.07. The Morgan fingerprint density at radius 2 is 2.33 bits per heavy atom. The van der Waals surface area contributed by atoms with Gasteiger partial charge in [0.25, 0.3) is 0 Å². The van der Waals surface area contributed by atoms with Crippen molar-refractivity contribution in [1.29, 1.82) is 5.26 Å². The molecule has 0 atom stereocenters. The van der Waals surface area contributed by atoms with E-state index < -0.39 is 24.0 Å². The minimum atomic E-state index is -0.886. The van der Waals surface area contributed by atoms with E-state index in [1.54, 1.807) is 6.07 Å². The van der Waals surface area contributed by atoms with E-state index in [0.717, 1.165) is 7.11 Å². The normalized spacial score (nSPS) is 9.47. The van der Waals surface area contributed by atoms with E-state index in [1.165, 1.54) is 12.1 Å². The molecule has 1 rings (SSSR count). The maximum Gasteiger partial charge on any atom is 0.339 e. The summed E-state index contributed by atoms with van der Waals surface area (Å²) in [4.78, 5) is 11.1. The van der Waals surface area contributed by atoms with Crippen molar-refractivity contribution >= 4 is 5.97 Å². The highest BCUT2D eigenvalue weighted by molar-refractivity contribution is 5.92. The summed E-state index contributed by atoms with van der Waals surface area (Å²) in [5.74, 6) is -1.67. The van der Waals surface area contributed by atoms with E-state index in [-0.39, 0.29) is 11.1 Å². The van der Waals surface area contributed by atoms with Crippen molar-refractivity contribution in [3.63, 3.8) is 0 Å². The number of ether oxygens (including phenoxy) is 1. The quantitative estimate of drug-likeness (QED) is 0.737. The Bertz CT molecular complexity index is 437. The number of aliphatic hydroxyl groups excluding tert-OH is 1. The van der Waals surface area contributed by atoms with Gasteiger partial charge in [-0.15, -0.1) is 0 Å². The van der Waals surface area contributed by atoms with Gasteiger partial charge in [0, 0.05) is 5.56 Å². The molecule has 0 saturated carbocycles. The molecule has 0 saturated heterocycles. The highest BCUT2D eigenvalue weighted by Gasteiger charge is 2.18. The Labute approximate surface area is 85.5 Å². The summed E-state index contributed by atoms with van der Waals surface area (Å²) in [6.07, 6.45) is 0. The first-order valence-corrected chi connectivity index (χ1v) is 4.06. The molecule has 1 aromatic rings. The van der Waals surface area contributed by atoms with E-state index in [0.29, 0.717) is 0 Å². The third kappa shape index (κ3) is 1.95. The fourth-order valence-electron chi connectivity index (χ4n) is 1.13. The molecule has 0 fully saturated rings. The summed E-state index contributed by atoms with van der Waals surface area (Å²) in [5.41, 5.74) is -0.581. The number of hydrogen-bond donors (Lipinski definition) is 1. The molecule has 15 heavy (non-hydrogen) atoms. The number of nitriles is 1. The summed E-state index contributed by atoms with van der Waals surface area (Å²) in [6, 6.07) is 4.05. The molecule has 0 aromatic heterocycles. The number of carbonyl (C=O) groups excluding carboxylic acids is 1. The minimum absolute atomic E-state index is 0.0285. The van der Waals surface area contributed by atoms with Crippen LogP contribution in [0.25, 0.3) is 0 Å². The smallest absolute Gasteiger partial charge is 0.339 e. The van der Waals surface area contributed by atoms with E-state index in [1.807, 2.05) is 0 Å². The summed E-state index contributed by atoms with van der Waals surface area (Å²) in [7, 11) is 1.14. The molecule has 4 nitrogen and oxygen atoms in total. The zero-order chi connectivity index (χ0) is 11.4. The van der Waals surface area contributed by atoms with Crippen LogP contribution in [0.1, 0.15) is 21.5 Å². The van der Waals surface area contributed by atoms with Crippen molar-refractivity contribution in [1.82, 2.24) is 0 Å². The first-order valence-electron chi connectivity index (χ1n) is 4.06. The number of rotatable bonds is 2. The number of esters is 1. The Kier molecular flexibility index (Phi) is 3.37. The van der Waals surface area contributed by atoms with Crippen LogP contribution in [0.5, 0.6) is 0 Å². The molecule has 0 amide bonds. The zero-order valence-corrected chi connectivity index (χ0v) is 7.95.